The number of carboxylic acid groups (broad SMARTS) is 1. The molecule has 0 fully saturated rings. The van der Waals surface area contributed by atoms with Crippen molar-refractivity contribution in [2.75, 3.05) is 11.1 Å². The highest BCUT2D eigenvalue weighted by Crippen LogP contribution is 2.24. The Kier molecular flexibility index (Phi) is 4.30. The number of nitrogens with two attached hydrogens (primary N) is 1. The Balaban J connectivity index is 1.99. The third-order valence-electron chi connectivity index (χ3n) is 3.14. The van der Waals surface area contributed by atoms with E-state index in [1.165, 1.54) is 6.07 Å². The average Bonchev–Trinajstić information content (AvgIpc) is 2.91. The van der Waals surface area contributed by atoms with Crippen molar-refractivity contribution in [1.29, 1.82) is 0 Å². The van der Waals surface area contributed by atoms with Gasteiger partial charge in [-0.2, -0.15) is 0 Å². The lowest BCUT2D eigenvalue weighted by atomic mass is 10.1. The van der Waals surface area contributed by atoms with Gasteiger partial charge < -0.3 is 20.6 Å². The minimum atomic E-state index is -1.02. The van der Waals surface area contributed by atoms with Crippen LogP contribution >= 0.6 is 0 Å². The van der Waals surface area contributed by atoms with Crippen molar-refractivity contribution >= 4 is 17.3 Å². The molecule has 0 aliphatic rings. The molecule has 0 radical (unpaired) electrons. The Hall–Kier alpha value is -2.43. The average molecular weight is 274 g/mol. The number of furan rings is 1. The minimum absolute atomic E-state index is 0.119. The Morgan fingerprint density at radius 1 is 1.40 bits per heavy atom. The Labute approximate surface area is 117 Å². The summed E-state index contributed by atoms with van der Waals surface area (Å²) in [4.78, 5) is 11.0. The number of aromatic carboxylic acids is 1. The molecule has 0 amide bonds. The molecule has 106 valence electrons. The van der Waals surface area contributed by atoms with Crippen LogP contribution in [-0.2, 0) is 6.42 Å². The number of carbonyl (C=O) groups is 1. The number of nitrogen functional groups attached to an aromatic ring is 1. The van der Waals surface area contributed by atoms with E-state index in [1.54, 1.807) is 18.4 Å². The number of benzene rings is 1. The van der Waals surface area contributed by atoms with E-state index < -0.39 is 5.97 Å². The predicted octanol–water partition coefficient (Wildman–Crippen LogP) is 2.99. The zero-order valence-corrected chi connectivity index (χ0v) is 11.3. The van der Waals surface area contributed by atoms with Gasteiger partial charge in [0.1, 0.15) is 5.76 Å². The van der Waals surface area contributed by atoms with Crippen molar-refractivity contribution in [1.82, 2.24) is 0 Å². The van der Waals surface area contributed by atoms with Crippen molar-refractivity contribution in [3.8, 4) is 0 Å². The van der Waals surface area contributed by atoms with Gasteiger partial charge >= 0.3 is 5.97 Å². The number of hydrogen-bond acceptors (Lipinski definition) is 4. The number of nitrogens with one attached hydrogen (secondary N) is 1. The van der Waals surface area contributed by atoms with E-state index in [4.69, 9.17) is 15.3 Å². The van der Waals surface area contributed by atoms with E-state index in [0.717, 1.165) is 18.6 Å². The van der Waals surface area contributed by atoms with E-state index in [-0.39, 0.29) is 17.3 Å². The van der Waals surface area contributed by atoms with E-state index >= 15 is 0 Å². The summed E-state index contributed by atoms with van der Waals surface area (Å²) in [7, 11) is 0. The highest BCUT2D eigenvalue weighted by molar-refractivity contribution is 5.97. The first kappa shape index (κ1) is 14.0. The largest absolute Gasteiger partial charge is 0.478 e. The van der Waals surface area contributed by atoms with Gasteiger partial charge in [0.05, 0.1) is 23.2 Å². The first-order chi connectivity index (χ1) is 9.58. The highest BCUT2D eigenvalue weighted by Gasteiger charge is 2.12. The van der Waals surface area contributed by atoms with Crippen molar-refractivity contribution in [2.45, 2.75) is 25.8 Å². The molecule has 0 aliphatic carbocycles. The van der Waals surface area contributed by atoms with Gasteiger partial charge in [-0.1, -0.05) is 6.07 Å². The molecule has 0 bridgehead atoms. The lowest BCUT2D eigenvalue weighted by Crippen LogP contribution is -2.18. The lowest BCUT2D eigenvalue weighted by Gasteiger charge is -2.17. The van der Waals surface area contributed by atoms with Crippen LogP contribution in [0.5, 0.6) is 0 Å². The maximum atomic E-state index is 11.0. The summed E-state index contributed by atoms with van der Waals surface area (Å²) in [5.74, 6) is -0.0831. The maximum absolute atomic E-state index is 11.0. The summed E-state index contributed by atoms with van der Waals surface area (Å²) in [5.41, 5.74) is 6.90. The molecule has 0 spiro atoms. The molecule has 20 heavy (non-hydrogen) atoms. The third kappa shape index (κ3) is 3.32. The summed E-state index contributed by atoms with van der Waals surface area (Å²) in [6.45, 7) is 2.02. The summed E-state index contributed by atoms with van der Waals surface area (Å²) in [6, 6.07) is 8.92. The number of para-hydroxylation sites is 1. The molecule has 2 rings (SSSR count). The molecule has 1 heterocycles. The van der Waals surface area contributed by atoms with Crippen molar-refractivity contribution < 1.29 is 14.3 Å². The molecular weight excluding hydrogens is 256 g/mol. The Bertz CT molecular complexity index is 579. The molecule has 2 aromatic rings. The normalized spacial score (nSPS) is 12.1. The van der Waals surface area contributed by atoms with Gasteiger partial charge in [-0.25, -0.2) is 4.79 Å². The topological polar surface area (TPSA) is 88.5 Å². The molecule has 5 nitrogen and oxygen atoms in total. The summed E-state index contributed by atoms with van der Waals surface area (Å²) in [6.07, 6.45) is 3.34. The van der Waals surface area contributed by atoms with Crippen molar-refractivity contribution in [2.24, 2.45) is 0 Å². The molecule has 1 aromatic carbocycles. The number of hydrogen-bond donors (Lipinski definition) is 3. The van der Waals surface area contributed by atoms with Gasteiger partial charge in [-0.3, -0.25) is 0 Å². The van der Waals surface area contributed by atoms with Crippen LogP contribution in [-0.4, -0.2) is 17.1 Å². The van der Waals surface area contributed by atoms with E-state index in [1.807, 2.05) is 19.1 Å². The van der Waals surface area contributed by atoms with Gasteiger partial charge in [0, 0.05) is 12.5 Å². The predicted molar refractivity (Wildman–Crippen MR) is 77.9 cm³/mol. The molecular formula is C15H18N2O3. The van der Waals surface area contributed by atoms with Crippen LogP contribution in [0.4, 0.5) is 11.4 Å². The van der Waals surface area contributed by atoms with Crippen LogP contribution in [0.25, 0.3) is 0 Å². The second kappa shape index (κ2) is 6.14. The fourth-order valence-corrected chi connectivity index (χ4v) is 2.03. The first-order valence-corrected chi connectivity index (χ1v) is 6.48. The van der Waals surface area contributed by atoms with Gasteiger partial charge in [0.2, 0.25) is 0 Å². The number of anilines is 2. The van der Waals surface area contributed by atoms with E-state index in [0.29, 0.717) is 5.69 Å². The van der Waals surface area contributed by atoms with Crippen LogP contribution in [0.1, 0.15) is 29.5 Å². The van der Waals surface area contributed by atoms with Crippen LogP contribution in [0, 0.1) is 0 Å². The smallest absolute Gasteiger partial charge is 0.337 e. The SMILES string of the molecule is CC(CCc1ccco1)Nc1cccc(C(=O)O)c1N. The lowest BCUT2D eigenvalue weighted by molar-refractivity contribution is 0.0698. The zero-order valence-electron chi connectivity index (χ0n) is 11.3. The second-order valence-corrected chi connectivity index (χ2v) is 4.74. The van der Waals surface area contributed by atoms with Gasteiger partial charge in [-0.15, -0.1) is 0 Å². The Morgan fingerprint density at radius 3 is 2.85 bits per heavy atom. The summed E-state index contributed by atoms with van der Waals surface area (Å²) < 4.78 is 5.28. The summed E-state index contributed by atoms with van der Waals surface area (Å²) >= 11 is 0. The van der Waals surface area contributed by atoms with Crippen molar-refractivity contribution in [3.63, 3.8) is 0 Å². The van der Waals surface area contributed by atoms with Gasteiger partial charge in [0.25, 0.3) is 0 Å². The van der Waals surface area contributed by atoms with Gasteiger partial charge in [-0.05, 0) is 37.6 Å². The minimum Gasteiger partial charge on any atom is -0.478 e. The highest BCUT2D eigenvalue weighted by atomic mass is 16.4. The molecule has 0 saturated carbocycles. The van der Waals surface area contributed by atoms with Crippen LogP contribution in [0.15, 0.2) is 41.0 Å². The molecule has 1 atom stereocenters. The monoisotopic (exact) mass is 274 g/mol. The fraction of sp³-hybridized carbons (Fsp3) is 0.267. The molecule has 1 aromatic heterocycles. The van der Waals surface area contributed by atoms with E-state index in [2.05, 4.69) is 5.32 Å². The number of carboxylic acids is 1. The van der Waals surface area contributed by atoms with Crippen LogP contribution < -0.4 is 11.1 Å². The molecule has 1 unspecified atom stereocenters. The fourth-order valence-electron chi connectivity index (χ4n) is 2.03. The zero-order chi connectivity index (χ0) is 14.5. The number of aryl methyl sites for hydroxylation is 1. The van der Waals surface area contributed by atoms with E-state index in [9.17, 15) is 4.79 Å². The number of rotatable bonds is 6. The van der Waals surface area contributed by atoms with Crippen LogP contribution in [0.3, 0.4) is 0 Å². The summed E-state index contributed by atoms with van der Waals surface area (Å²) in [5, 5.41) is 12.3. The standard InChI is InChI=1S/C15H18N2O3/c1-10(7-8-11-4-3-9-20-11)17-13-6-2-5-12(14(13)16)15(18)19/h2-6,9-10,17H,7-8,16H2,1H3,(H,18,19). The Morgan fingerprint density at radius 2 is 2.20 bits per heavy atom. The first-order valence-electron chi connectivity index (χ1n) is 6.48. The van der Waals surface area contributed by atoms with Crippen molar-refractivity contribution in [3.05, 3.63) is 47.9 Å². The quantitative estimate of drug-likeness (QED) is 0.705. The second-order valence-electron chi connectivity index (χ2n) is 4.74. The molecule has 4 N–H and O–H groups in total. The third-order valence-corrected chi connectivity index (χ3v) is 3.14. The van der Waals surface area contributed by atoms with Gasteiger partial charge in [0.15, 0.2) is 0 Å². The molecule has 0 saturated heterocycles. The molecule has 5 heteroatoms. The maximum Gasteiger partial charge on any atom is 0.337 e. The molecule has 0 aliphatic heterocycles. The van der Waals surface area contributed by atoms with Crippen LogP contribution in [0.2, 0.25) is 0 Å².